The first-order valence-electron chi connectivity index (χ1n) is 7.49. The van der Waals surface area contributed by atoms with Crippen molar-refractivity contribution in [3.8, 4) is 11.8 Å². The summed E-state index contributed by atoms with van der Waals surface area (Å²) in [5.41, 5.74) is 1.44. The Labute approximate surface area is 139 Å². The molecule has 118 valence electrons. The van der Waals surface area contributed by atoms with Crippen LogP contribution in [0.2, 0.25) is 0 Å². The van der Waals surface area contributed by atoms with Crippen LogP contribution < -0.4 is 4.74 Å². The van der Waals surface area contributed by atoms with Gasteiger partial charge < -0.3 is 9.64 Å². The average molecular weight is 327 g/mol. The van der Waals surface area contributed by atoms with Crippen LogP contribution in [0.3, 0.4) is 0 Å². The molecule has 0 N–H and O–H groups in total. The number of carbonyl (C=O) groups is 1. The van der Waals surface area contributed by atoms with Gasteiger partial charge in [-0.3, -0.25) is 4.79 Å². The number of benzene rings is 1. The van der Waals surface area contributed by atoms with E-state index >= 15 is 0 Å². The zero-order chi connectivity index (χ0) is 16.2. The topological polar surface area (TPSA) is 66.2 Å². The van der Waals surface area contributed by atoms with Crippen molar-refractivity contribution in [2.24, 2.45) is 0 Å². The number of nitrogens with zero attached hydrogens (tertiary/aromatic N) is 3. The second-order valence-corrected chi connectivity index (χ2v) is 6.56. The third kappa shape index (κ3) is 3.88. The summed E-state index contributed by atoms with van der Waals surface area (Å²) in [4.78, 5) is 18.5. The number of thiazole rings is 1. The van der Waals surface area contributed by atoms with Gasteiger partial charge in [0, 0.05) is 17.0 Å². The van der Waals surface area contributed by atoms with Crippen molar-refractivity contribution < 1.29 is 9.53 Å². The molecule has 1 heterocycles. The molecular formula is C17H17N3O2S. The van der Waals surface area contributed by atoms with Crippen molar-refractivity contribution in [2.75, 3.05) is 6.54 Å². The Balaban J connectivity index is 1.69. The highest BCUT2D eigenvalue weighted by atomic mass is 32.1. The Kier molecular flexibility index (Phi) is 4.58. The molecule has 6 heteroatoms. The summed E-state index contributed by atoms with van der Waals surface area (Å²) < 4.78 is 5.72. The Morgan fingerprint density at radius 1 is 1.52 bits per heavy atom. The van der Waals surface area contributed by atoms with E-state index in [1.807, 2.05) is 18.4 Å². The number of hydrogen-bond acceptors (Lipinski definition) is 5. The maximum Gasteiger partial charge on any atom is 0.255 e. The van der Waals surface area contributed by atoms with Crippen LogP contribution in [0.15, 0.2) is 29.6 Å². The minimum atomic E-state index is -0.107. The molecule has 5 nitrogen and oxygen atoms in total. The first kappa shape index (κ1) is 15.5. The Morgan fingerprint density at radius 2 is 2.35 bits per heavy atom. The van der Waals surface area contributed by atoms with Crippen LogP contribution in [0.4, 0.5) is 0 Å². The molecule has 0 bridgehead atoms. The SMILES string of the molecule is Cc1nc(COc2cccc(C(=O)N(CC#N)C3CC3)c2)cs1. The molecular weight excluding hydrogens is 310 g/mol. The fourth-order valence-corrected chi connectivity index (χ4v) is 2.94. The number of aromatic nitrogens is 1. The van der Waals surface area contributed by atoms with E-state index in [1.54, 1.807) is 34.4 Å². The molecule has 0 atom stereocenters. The van der Waals surface area contributed by atoms with E-state index in [9.17, 15) is 4.79 Å². The minimum Gasteiger partial charge on any atom is -0.487 e. The largest absolute Gasteiger partial charge is 0.487 e. The molecule has 1 amide bonds. The normalized spacial score (nSPS) is 13.4. The highest BCUT2D eigenvalue weighted by Crippen LogP contribution is 2.28. The van der Waals surface area contributed by atoms with Crippen LogP contribution in [-0.2, 0) is 6.61 Å². The first-order valence-corrected chi connectivity index (χ1v) is 8.37. The van der Waals surface area contributed by atoms with Gasteiger partial charge in [-0.2, -0.15) is 5.26 Å². The van der Waals surface area contributed by atoms with Gasteiger partial charge in [-0.05, 0) is 38.0 Å². The van der Waals surface area contributed by atoms with Crippen molar-refractivity contribution in [2.45, 2.75) is 32.4 Å². The molecule has 23 heavy (non-hydrogen) atoms. The Bertz CT molecular complexity index is 746. The van der Waals surface area contributed by atoms with Gasteiger partial charge in [0.15, 0.2) is 0 Å². The Hall–Kier alpha value is -2.39. The molecule has 1 aliphatic rings. The number of hydrogen-bond donors (Lipinski definition) is 0. The number of ether oxygens (including phenoxy) is 1. The molecule has 1 aromatic carbocycles. The van der Waals surface area contributed by atoms with Crippen molar-refractivity contribution in [3.63, 3.8) is 0 Å². The second kappa shape index (κ2) is 6.80. The molecule has 0 unspecified atom stereocenters. The predicted molar refractivity (Wildman–Crippen MR) is 87.3 cm³/mol. The second-order valence-electron chi connectivity index (χ2n) is 5.50. The van der Waals surface area contributed by atoms with Gasteiger partial charge in [0.2, 0.25) is 0 Å². The van der Waals surface area contributed by atoms with E-state index in [4.69, 9.17) is 10.00 Å². The summed E-state index contributed by atoms with van der Waals surface area (Å²) in [6.07, 6.45) is 1.96. The molecule has 0 saturated heterocycles. The monoisotopic (exact) mass is 327 g/mol. The third-order valence-corrected chi connectivity index (χ3v) is 4.45. The smallest absolute Gasteiger partial charge is 0.255 e. The van der Waals surface area contributed by atoms with E-state index in [0.29, 0.717) is 17.9 Å². The maximum atomic E-state index is 12.6. The Morgan fingerprint density at radius 3 is 3.00 bits per heavy atom. The van der Waals surface area contributed by atoms with Gasteiger partial charge >= 0.3 is 0 Å². The lowest BCUT2D eigenvalue weighted by Crippen LogP contribution is -2.33. The maximum absolute atomic E-state index is 12.6. The van der Waals surface area contributed by atoms with Gasteiger partial charge in [0.25, 0.3) is 5.91 Å². The van der Waals surface area contributed by atoms with Crippen LogP contribution in [0.1, 0.15) is 33.9 Å². The van der Waals surface area contributed by atoms with Gasteiger partial charge in [0.1, 0.15) is 18.9 Å². The summed E-state index contributed by atoms with van der Waals surface area (Å²) >= 11 is 1.58. The molecule has 0 aliphatic heterocycles. The highest BCUT2D eigenvalue weighted by Gasteiger charge is 2.32. The molecule has 2 aromatic rings. The van der Waals surface area contributed by atoms with Crippen LogP contribution in [-0.4, -0.2) is 28.4 Å². The lowest BCUT2D eigenvalue weighted by atomic mass is 10.2. The van der Waals surface area contributed by atoms with Crippen LogP contribution in [0.5, 0.6) is 5.75 Å². The van der Waals surface area contributed by atoms with Gasteiger partial charge in [-0.25, -0.2) is 4.98 Å². The van der Waals surface area contributed by atoms with Gasteiger partial charge in [-0.15, -0.1) is 11.3 Å². The number of rotatable bonds is 6. The van der Waals surface area contributed by atoms with Gasteiger partial charge in [-0.1, -0.05) is 6.07 Å². The molecule has 1 aromatic heterocycles. The number of nitriles is 1. The molecule has 3 rings (SSSR count). The standard InChI is InChI=1S/C17H17N3O2S/c1-12-19-14(11-23-12)10-22-16-4-2-3-13(9-16)17(21)20(8-7-18)15-5-6-15/h2-4,9,11,15H,5-6,8,10H2,1H3. The number of aryl methyl sites for hydroxylation is 1. The minimum absolute atomic E-state index is 0.107. The summed E-state index contributed by atoms with van der Waals surface area (Å²) in [7, 11) is 0. The van der Waals surface area contributed by atoms with Crippen molar-refractivity contribution in [1.82, 2.24) is 9.88 Å². The average Bonchev–Trinajstić information content (AvgIpc) is 3.32. The fraction of sp³-hybridized carbons (Fsp3) is 0.353. The van der Waals surface area contributed by atoms with E-state index in [0.717, 1.165) is 23.5 Å². The highest BCUT2D eigenvalue weighted by molar-refractivity contribution is 7.09. The zero-order valence-corrected chi connectivity index (χ0v) is 13.7. The summed E-state index contributed by atoms with van der Waals surface area (Å²) in [6.45, 7) is 2.47. The molecule has 0 spiro atoms. The molecule has 0 radical (unpaired) electrons. The van der Waals surface area contributed by atoms with E-state index in [2.05, 4.69) is 11.1 Å². The number of carbonyl (C=O) groups excluding carboxylic acids is 1. The van der Waals surface area contributed by atoms with Crippen molar-refractivity contribution >= 4 is 17.2 Å². The van der Waals surface area contributed by atoms with E-state index in [-0.39, 0.29) is 18.5 Å². The first-order chi connectivity index (χ1) is 11.2. The van der Waals surface area contributed by atoms with E-state index < -0.39 is 0 Å². The van der Waals surface area contributed by atoms with Crippen LogP contribution >= 0.6 is 11.3 Å². The van der Waals surface area contributed by atoms with Crippen molar-refractivity contribution in [3.05, 3.63) is 45.9 Å². The molecule has 1 fully saturated rings. The summed E-state index contributed by atoms with van der Waals surface area (Å²) in [5, 5.41) is 11.9. The van der Waals surface area contributed by atoms with E-state index in [1.165, 1.54) is 0 Å². The van der Waals surface area contributed by atoms with Crippen LogP contribution in [0.25, 0.3) is 0 Å². The summed E-state index contributed by atoms with van der Waals surface area (Å²) in [5.74, 6) is 0.526. The van der Waals surface area contributed by atoms with Gasteiger partial charge in [0.05, 0.1) is 16.8 Å². The van der Waals surface area contributed by atoms with Crippen molar-refractivity contribution in [1.29, 1.82) is 5.26 Å². The third-order valence-electron chi connectivity index (χ3n) is 3.62. The summed E-state index contributed by atoms with van der Waals surface area (Å²) in [6, 6.07) is 9.39. The lowest BCUT2D eigenvalue weighted by Gasteiger charge is -2.19. The van der Waals surface area contributed by atoms with Crippen LogP contribution in [0, 0.1) is 18.3 Å². The molecule has 1 aliphatic carbocycles. The fourth-order valence-electron chi connectivity index (χ4n) is 2.35. The predicted octanol–water partition coefficient (Wildman–Crippen LogP) is 3.16. The molecule has 1 saturated carbocycles. The number of amides is 1. The lowest BCUT2D eigenvalue weighted by molar-refractivity contribution is 0.0764. The zero-order valence-electron chi connectivity index (χ0n) is 12.9. The quantitative estimate of drug-likeness (QED) is 0.764.